The van der Waals surface area contributed by atoms with Crippen molar-refractivity contribution >= 4 is 0 Å². The van der Waals surface area contributed by atoms with Crippen LogP contribution in [0.15, 0.2) is 30.6 Å². The first-order valence-corrected chi connectivity index (χ1v) is 6.11. The SMILES string of the molecule is CCCn1cc[n+](Cc2c(F)cccc2F)c1C. The molecular formula is C14H17F2N2+. The predicted octanol–water partition coefficient (Wildman–Crippen LogP) is 2.82. The summed E-state index contributed by atoms with van der Waals surface area (Å²) in [4.78, 5) is 0. The van der Waals surface area contributed by atoms with Crippen molar-refractivity contribution in [1.29, 1.82) is 0 Å². The Morgan fingerprint density at radius 2 is 1.89 bits per heavy atom. The monoisotopic (exact) mass is 251 g/mol. The Bertz CT molecular complexity index is 526. The number of aromatic nitrogens is 2. The van der Waals surface area contributed by atoms with E-state index in [-0.39, 0.29) is 12.1 Å². The Balaban J connectivity index is 2.29. The molecule has 1 aromatic heterocycles. The van der Waals surface area contributed by atoms with Gasteiger partial charge in [-0.2, -0.15) is 0 Å². The van der Waals surface area contributed by atoms with Gasteiger partial charge < -0.3 is 0 Å². The number of hydrogen-bond donors (Lipinski definition) is 0. The molecule has 1 aromatic carbocycles. The molecule has 2 rings (SSSR count). The number of nitrogens with zero attached hydrogens (tertiary/aromatic N) is 2. The Labute approximate surface area is 105 Å². The molecule has 2 aromatic rings. The second kappa shape index (κ2) is 5.29. The van der Waals surface area contributed by atoms with Gasteiger partial charge >= 0.3 is 0 Å². The molecule has 0 saturated carbocycles. The summed E-state index contributed by atoms with van der Waals surface area (Å²) >= 11 is 0. The molecular weight excluding hydrogens is 234 g/mol. The molecule has 4 heteroatoms. The number of halogens is 2. The van der Waals surface area contributed by atoms with Gasteiger partial charge in [-0.15, -0.1) is 0 Å². The van der Waals surface area contributed by atoms with Gasteiger partial charge in [0.15, 0.2) is 0 Å². The summed E-state index contributed by atoms with van der Waals surface area (Å²) in [5.41, 5.74) is 0.111. The molecule has 0 saturated heterocycles. The van der Waals surface area contributed by atoms with Crippen LogP contribution in [0, 0.1) is 18.6 Å². The van der Waals surface area contributed by atoms with Crippen molar-refractivity contribution in [2.24, 2.45) is 0 Å². The van der Waals surface area contributed by atoms with Crippen LogP contribution in [0.1, 0.15) is 24.7 Å². The molecule has 0 N–H and O–H groups in total. The lowest BCUT2D eigenvalue weighted by Gasteiger charge is -2.03. The fourth-order valence-electron chi connectivity index (χ4n) is 2.04. The van der Waals surface area contributed by atoms with Gasteiger partial charge in [0, 0.05) is 6.92 Å². The van der Waals surface area contributed by atoms with Crippen LogP contribution in [0.4, 0.5) is 8.78 Å². The fourth-order valence-corrected chi connectivity index (χ4v) is 2.04. The summed E-state index contributed by atoms with van der Waals surface area (Å²) in [6, 6.07) is 3.96. The zero-order valence-corrected chi connectivity index (χ0v) is 10.7. The molecule has 0 spiro atoms. The largest absolute Gasteiger partial charge is 0.253 e. The van der Waals surface area contributed by atoms with Crippen LogP contribution in [-0.2, 0) is 13.1 Å². The first-order valence-electron chi connectivity index (χ1n) is 6.11. The summed E-state index contributed by atoms with van der Waals surface area (Å²) in [7, 11) is 0. The smallest absolute Gasteiger partial charge is 0.234 e. The maximum Gasteiger partial charge on any atom is 0.253 e. The first-order chi connectivity index (χ1) is 8.63. The van der Waals surface area contributed by atoms with Crippen LogP contribution in [0.3, 0.4) is 0 Å². The number of imidazole rings is 1. The topological polar surface area (TPSA) is 8.81 Å². The number of benzene rings is 1. The van der Waals surface area contributed by atoms with Crippen molar-refractivity contribution in [1.82, 2.24) is 4.57 Å². The van der Waals surface area contributed by atoms with E-state index in [2.05, 4.69) is 11.5 Å². The lowest BCUT2D eigenvalue weighted by Crippen LogP contribution is -2.37. The molecule has 96 valence electrons. The van der Waals surface area contributed by atoms with E-state index < -0.39 is 11.6 Å². The van der Waals surface area contributed by atoms with Crippen LogP contribution in [0.25, 0.3) is 0 Å². The molecule has 0 aliphatic carbocycles. The first kappa shape index (κ1) is 12.7. The predicted molar refractivity (Wildman–Crippen MR) is 65.1 cm³/mol. The van der Waals surface area contributed by atoms with E-state index in [1.807, 2.05) is 23.9 Å². The highest BCUT2D eigenvalue weighted by Gasteiger charge is 2.16. The van der Waals surface area contributed by atoms with Gasteiger partial charge in [0.1, 0.15) is 30.6 Å². The highest BCUT2D eigenvalue weighted by Crippen LogP contribution is 2.11. The zero-order chi connectivity index (χ0) is 13.1. The van der Waals surface area contributed by atoms with Gasteiger partial charge in [-0.05, 0) is 18.6 Å². The van der Waals surface area contributed by atoms with E-state index in [9.17, 15) is 8.78 Å². The van der Waals surface area contributed by atoms with E-state index in [1.165, 1.54) is 18.2 Å². The normalized spacial score (nSPS) is 10.9. The highest BCUT2D eigenvalue weighted by molar-refractivity contribution is 5.18. The lowest BCUT2D eigenvalue weighted by atomic mass is 10.2. The van der Waals surface area contributed by atoms with Crippen LogP contribution in [0.5, 0.6) is 0 Å². The average Bonchev–Trinajstić information content (AvgIpc) is 2.67. The van der Waals surface area contributed by atoms with Crippen LogP contribution < -0.4 is 4.57 Å². The minimum Gasteiger partial charge on any atom is -0.234 e. The Morgan fingerprint density at radius 3 is 2.50 bits per heavy atom. The molecule has 18 heavy (non-hydrogen) atoms. The van der Waals surface area contributed by atoms with Crippen LogP contribution in [-0.4, -0.2) is 4.57 Å². The molecule has 0 aliphatic rings. The summed E-state index contributed by atoms with van der Waals surface area (Å²) in [6.45, 7) is 5.19. The minimum absolute atomic E-state index is 0.111. The molecule has 0 atom stereocenters. The summed E-state index contributed by atoms with van der Waals surface area (Å²) < 4.78 is 31.1. The Kier molecular flexibility index (Phi) is 3.75. The van der Waals surface area contributed by atoms with E-state index in [0.29, 0.717) is 0 Å². The fraction of sp³-hybridized carbons (Fsp3) is 0.357. The molecule has 2 nitrogen and oxygen atoms in total. The van der Waals surface area contributed by atoms with Gasteiger partial charge in [0.2, 0.25) is 0 Å². The van der Waals surface area contributed by atoms with Crippen molar-refractivity contribution < 1.29 is 13.3 Å². The summed E-state index contributed by atoms with van der Waals surface area (Å²) in [5.74, 6) is 0.00906. The zero-order valence-electron chi connectivity index (χ0n) is 10.7. The summed E-state index contributed by atoms with van der Waals surface area (Å²) in [6.07, 6.45) is 4.83. The van der Waals surface area contributed by atoms with Gasteiger partial charge in [-0.3, -0.25) is 0 Å². The third-order valence-corrected chi connectivity index (χ3v) is 3.11. The molecule has 0 aliphatic heterocycles. The Hall–Kier alpha value is -1.71. The number of rotatable bonds is 4. The second-order valence-electron chi connectivity index (χ2n) is 4.37. The minimum atomic E-state index is -0.495. The van der Waals surface area contributed by atoms with E-state index >= 15 is 0 Å². The van der Waals surface area contributed by atoms with Gasteiger partial charge in [-0.25, -0.2) is 17.9 Å². The molecule has 0 fully saturated rings. The van der Waals surface area contributed by atoms with Gasteiger partial charge in [0.05, 0.1) is 12.1 Å². The molecule has 0 bridgehead atoms. The van der Waals surface area contributed by atoms with Gasteiger partial charge in [0.25, 0.3) is 5.82 Å². The standard InChI is InChI=1S/C14H17F2N2/c1-3-7-17-8-9-18(11(17)2)10-12-13(15)5-4-6-14(12)16/h4-6,8-9H,3,7,10H2,1-2H3/q+1. The number of hydrogen-bond acceptors (Lipinski definition) is 0. The maximum absolute atomic E-state index is 13.6. The molecule has 0 amide bonds. The molecule has 0 unspecified atom stereocenters. The quantitative estimate of drug-likeness (QED) is 0.739. The van der Waals surface area contributed by atoms with E-state index in [4.69, 9.17) is 0 Å². The van der Waals surface area contributed by atoms with E-state index in [0.717, 1.165) is 18.8 Å². The lowest BCUT2D eigenvalue weighted by molar-refractivity contribution is -0.694. The van der Waals surface area contributed by atoms with Crippen molar-refractivity contribution in [3.8, 4) is 0 Å². The van der Waals surface area contributed by atoms with Gasteiger partial charge in [-0.1, -0.05) is 13.0 Å². The van der Waals surface area contributed by atoms with Crippen LogP contribution in [0.2, 0.25) is 0 Å². The van der Waals surface area contributed by atoms with Crippen molar-refractivity contribution in [3.63, 3.8) is 0 Å². The highest BCUT2D eigenvalue weighted by atomic mass is 19.1. The van der Waals surface area contributed by atoms with E-state index in [1.54, 1.807) is 0 Å². The third kappa shape index (κ3) is 2.42. The maximum atomic E-state index is 13.6. The second-order valence-corrected chi connectivity index (χ2v) is 4.37. The van der Waals surface area contributed by atoms with Crippen molar-refractivity contribution in [3.05, 3.63) is 53.6 Å². The molecule has 0 radical (unpaired) electrons. The van der Waals surface area contributed by atoms with Crippen molar-refractivity contribution in [2.75, 3.05) is 0 Å². The van der Waals surface area contributed by atoms with Crippen LogP contribution >= 0.6 is 0 Å². The van der Waals surface area contributed by atoms with Crippen molar-refractivity contribution in [2.45, 2.75) is 33.4 Å². The molecule has 1 heterocycles. The summed E-state index contributed by atoms with van der Waals surface area (Å²) in [5, 5.41) is 0. The third-order valence-electron chi connectivity index (χ3n) is 3.11. The Morgan fingerprint density at radius 1 is 1.22 bits per heavy atom. The average molecular weight is 251 g/mol. The number of aryl methyl sites for hydroxylation is 1.